The van der Waals surface area contributed by atoms with Crippen LogP contribution in [0.5, 0.6) is 0 Å². The van der Waals surface area contributed by atoms with Gasteiger partial charge in [0.1, 0.15) is 0 Å². The van der Waals surface area contributed by atoms with Crippen LogP contribution in [-0.2, 0) is 18.3 Å². The van der Waals surface area contributed by atoms with Crippen LogP contribution in [0.3, 0.4) is 0 Å². The summed E-state index contributed by atoms with van der Waals surface area (Å²) >= 11 is 5.95. The van der Waals surface area contributed by atoms with E-state index >= 15 is 0 Å². The first kappa shape index (κ1) is 9.99. The van der Waals surface area contributed by atoms with Gasteiger partial charge >= 0.3 is 0 Å². The Morgan fingerprint density at radius 3 is 2.77 bits per heavy atom. The van der Waals surface area contributed by atoms with Gasteiger partial charge in [-0.25, -0.2) is 0 Å². The summed E-state index contributed by atoms with van der Waals surface area (Å²) in [5.74, 6) is -0.0510. The normalized spacial score (nSPS) is 10.1. The largest absolute Gasteiger partial charge is 0.294 e. The number of rotatable bonds is 3. The average Bonchev–Trinajstić information content (AvgIpc) is 2.32. The van der Waals surface area contributed by atoms with Crippen LogP contribution >= 0.6 is 11.6 Å². The molecule has 13 heavy (non-hydrogen) atoms. The van der Waals surface area contributed by atoms with Gasteiger partial charge in [-0.05, 0) is 13.0 Å². The van der Waals surface area contributed by atoms with E-state index in [-0.39, 0.29) is 12.2 Å². The van der Waals surface area contributed by atoms with E-state index in [4.69, 9.17) is 11.6 Å². The Kier molecular flexibility index (Phi) is 2.88. The predicted molar refractivity (Wildman–Crippen MR) is 51.9 cm³/mol. The van der Waals surface area contributed by atoms with Crippen LogP contribution in [0.15, 0.2) is 12.7 Å². The highest BCUT2D eigenvalue weighted by atomic mass is 35.5. The number of carbonyl (C=O) groups excluding carboxylic acids is 1. The highest BCUT2D eigenvalue weighted by Crippen LogP contribution is 2.19. The van der Waals surface area contributed by atoms with Crippen LogP contribution in [0.25, 0.3) is 0 Å². The van der Waals surface area contributed by atoms with Gasteiger partial charge in [0.2, 0.25) is 0 Å². The van der Waals surface area contributed by atoms with Gasteiger partial charge in [-0.15, -0.1) is 0 Å². The predicted octanol–water partition coefficient (Wildman–Crippen LogP) is 1.68. The van der Waals surface area contributed by atoms with Gasteiger partial charge in [-0.1, -0.05) is 18.2 Å². The third-order valence-electron chi connectivity index (χ3n) is 1.83. The molecule has 0 aliphatic rings. The van der Waals surface area contributed by atoms with Crippen molar-refractivity contribution in [3.63, 3.8) is 0 Å². The van der Waals surface area contributed by atoms with Gasteiger partial charge in [-0.2, -0.15) is 5.10 Å². The summed E-state index contributed by atoms with van der Waals surface area (Å²) in [6, 6.07) is 0. The Morgan fingerprint density at radius 1 is 1.77 bits per heavy atom. The summed E-state index contributed by atoms with van der Waals surface area (Å²) in [5.41, 5.74) is 1.49. The number of ketones is 1. The van der Waals surface area contributed by atoms with E-state index in [1.807, 2.05) is 6.92 Å². The maximum Gasteiger partial charge on any atom is 0.161 e. The summed E-state index contributed by atoms with van der Waals surface area (Å²) in [5, 5.41) is 4.66. The summed E-state index contributed by atoms with van der Waals surface area (Å²) in [6.07, 6.45) is 1.55. The molecule has 1 rings (SSSR count). The van der Waals surface area contributed by atoms with E-state index in [9.17, 15) is 4.79 Å². The van der Waals surface area contributed by atoms with Crippen LogP contribution in [-0.4, -0.2) is 15.6 Å². The molecule has 0 atom stereocenters. The first-order chi connectivity index (χ1) is 6.06. The molecule has 0 radical (unpaired) electrons. The van der Waals surface area contributed by atoms with E-state index < -0.39 is 0 Å². The summed E-state index contributed by atoms with van der Waals surface area (Å²) in [7, 11) is 1.77. The minimum absolute atomic E-state index is 0.0510. The number of allylic oxidation sites excluding steroid dienone is 1. The van der Waals surface area contributed by atoms with Gasteiger partial charge in [0.05, 0.1) is 22.8 Å². The standard InChI is InChI=1S/C9H11ClN2O/c1-4-7(13)5-8-9(10)6(2)11-12(8)3/h4H,1,5H2,2-3H3. The SMILES string of the molecule is C=CC(=O)Cc1c(Cl)c(C)nn1C. The maximum atomic E-state index is 11.1. The lowest BCUT2D eigenvalue weighted by Gasteiger charge is -1.98. The summed E-state index contributed by atoms with van der Waals surface area (Å²) in [6.45, 7) is 5.21. The molecular weight excluding hydrogens is 188 g/mol. The number of aromatic nitrogens is 2. The molecular formula is C9H11ClN2O. The second kappa shape index (κ2) is 3.75. The van der Waals surface area contributed by atoms with Gasteiger partial charge in [0.15, 0.2) is 5.78 Å². The molecule has 0 amide bonds. The fourth-order valence-electron chi connectivity index (χ4n) is 1.11. The zero-order chi connectivity index (χ0) is 10.0. The topological polar surface area (TPSA) is 34.9 Å². The molecule has 1 aromatic rings. The zero-order valence-electron chi connectivity index (χ0n) is 7.67. The second-order valence-electron chi connectivity index (χ2n) is 2.82. The van der Waals surface area contributed by atoms with Crippen molar-refractivity contribution in [3.05, 3.63) is 29.1 Å². The fourth-order valence-corrected chi connectivity index (χ4v) is 1.34. The molecule has 0 unspecified atom stereocenters. The first-order valence-corrected chi connectivity index (χ1v) is 4.27. The molecule has 1 aromatic heterocycles. The lowest BCUT2D eigenvalue weighted by Crippen LogP contribution is -2.04. The molecule has 0 aliphatic carbocycles. The number of hydrogen-bond acceptors (Lipinski definition) is 2. The number of aryl methyl sites for hydroxylation is 2. The van der Waals surface area contributed by atoms with Crippen molar-refractivity contribution < 1.29 is 4.79 Å². The van der Waals surface area contributed by atoms with Crippen molar-refractivity contribution in [2.45, 2.75) is 13.3 Å². The van der Waals surface area contributed by atoms with Crippen molar-refractivity contribution in [3.8, 4) is 0 Å². The molecule has 70 valence electrons. The molecule has 0 fully saturated rings. The van der Waals surface area contributed by atoms with E-state index in [1.165, 1.54) is 6.08 Å². The minimum Gasteiger partial charge on any atom is -0.294 e. The van der Waals surface area contributed by atoms with Gasteiger partial charge in [0, 0.05) is 7.05 Å². The van der Waals surface area contributed by atoms with Gasteiger partial charge in [-0.3, -0.25) is 9.48 Å². The van der Waals surface area contributed by atoms with Crippen molar-refractivity contribution in [1.29, 1.82) is 0 Å². The van der Waals surface area contributed by atoms with Crippen molar-refractivity contribution in [2.75, 3.05) is 0 Å². The zero-order valence-corrected chi connectivity index (χ0v) is 8.43. The third-order valence-corrected chi connectivity index (χ3v) is 2.32. The lowest BCUT2D eigenvalue weighted by molar-refractivity contribution is -0.114. The van der Waals surface area contributed by atoms with Crippen LogP contribution in [0.2, 0.25) is 5.02 Å². The Hall–Kier alpha value is -1.09. The van der Waals surface area contributed by atoms with E-state index in [1.54, 1.807) is 11.7 Å². The van der Waals surface area contributed by atoms with E-state index in [0.717, 1.165) is 11.4 Å². The average molecular weight is 199 g/mol. The first-order valence-electron chi connectivity index (χ1n) is 3.89. The van der Waals surface area contributed by atoms with E-state index in [2.05, 4.69) is 11.7 Å². The molecule has 0 aliphatic heterocycles. The Bertz CT molecular complexity index is 355. The highest BCUT2D eigenvalue weighted by molar-refractivity contribution is 6.32. The van der Waals surface area contributed by atoms with Crippen molar-refractivity contribution >= 4 is 17.4 Å². The summed E-state index contributed by atoms with van der Waals surface area (Å²) < 4.78 is 1.62. The van der Waals surface area contributed by atoms with E-state index in [0.29, 0.717) is 5.02 Å². The summed E-state index contributed by atoms with van der Waals surface area (Å²) in [4.78, 5) is 11.1. The Balaban J connectivity index is 3.00. The smallest absolute Gasteiger partial charge is 0.161 e. The van der Waals surface area contributed by atoms with Crippen LogP contribution in [0, 0.1) is 6.92 Å². The number of nitrogens with zero attached hydrogens (tertiary/aromatic N) is 2. The van der Waals surface area contributed by atoms with Crippen molar-refractivity contribution in [2.24, 2.45) is 7.05 Å². The number of carbonyl (C=O) groups is 1. The quantitative estimate of drug-likeness (QED) is 0.693. The molecule has 0 spiro atoms. The Morgan fingerprint density at radius 2 is 2.38 bits per heavy atom. The van der Waals surface area contributed by atoms with Crippen LogP contribution in [0.1, 0.15) is 11.4 Å². The molecule has 0 saturated carbocycles. The third kappa shape index (κ3) is 1.98. The van der Waals surface area contributed by atoms with Crippen LogP contribution < -0.4 is 0 Å². The Labute approximate surface area is 82.0 Å². The molecule has 0 N–H and O–H groups in total. The fraction of sp³-hybridized carbons (Fsp3) is 0.333. The van der Waals surface area contributed by atoms with Gasteiger partial charge < -0.3 is 0 Å². The molecule has 3 nitrogen and oxygen atoms in total. The molecule has 0 bridgehead atoms. The van der Waals surface area contributed by atoms with Crippen LogP contribution in [0.4, 0.5) is 0 Å². The monoisotopic (exact) mass is 198 g/mol. The number of halogens is 1. The maximum absolute atomic E-state index is 11.1. The van der Waals surface area contributed by atoms with Crippen molar-refractivity contribution in [1.82, 2.24) is 9.78 Å². The number of hydrogen-bond donors (Lipinski definition) is 0. The highest BCUT2D eigenvalue weighted by Gasteiger charge is 2.12. The molecule has 1 heterocycles. The van der Waals surface area contributed by atoms with Gasteiger partial charge in [0.25, 0.3) is 0 Å². The second-order valence-corrected chi connectivity index (χ2v) is 3.19. The molecule has 4 heteroatoms. The minimum atomic E-state index is -0.0510. The molecule has 0 saturated heterocycles. The molecule has 0 aromatic carbocycles. The lowest BCUT2D eigenvalue weighted by atomic mass is 10.2.